The van der Waals surface area contributed by atoms with Crippen molar-refractivity contribution in [3.05, 3.63) is 36.6 Å². The Bertz CT molecular complexity index is 845. The Morgan fingerprint density at radius 3 is 2.52 bits per heavy atom. The topological polar surface area (TPSA) is 90.1 Å². The first-order valence-electron chi connectivity index (χ1n) is 9.14. The first-order chi connectivity index (χ1) is 13.2. The highest BCUT2D eigenvalue weighted by atomic mass is 16.5. The number of aryl methyl sites for hydroxylation is 1. The summed E-state index contributed by atoms with van der Waals surface area (Å²) >= 11 is 0. The van der Waals surface area contributed by atoms with Gasteiger partial charge in [0.25, 0.3) is 0 Å². The highest BCUT2D eigenvalue weighted by molar-refractivity contribution is 5.62. The normalized spacial score (nSPS) is 11.1. The van der Waals surface area contributed by atoms with Crippen LogP contribution in [0.4, 0.5) is 0 Å². The van der Waals surface area contributed by atoms with E-state index in [-0.39, 0.29) is 0 Å². The summed E-state index contributed by atoms with van der Waals surface area (Å²) in [6.07, 6.45) is 5.99. The quantitative estimate of drug-likeness (QED) is 0.532. The smallest absolute Gasteiger partial charge is 0.223 e. The van der Waals surface area contributed by atoms with Crippen molar-refractivity contribution in [2.45, 2.75) is 27.2 Å². The van der Waals surface area contributed by atoms with Crippen molar-refractivity contribution in [1.29, 1.82) is 0 Å². The molecular weight excluding hydrogens is 344 g/mol. The van der Waals surface area contributed by atoms with E-state index in [1.807, 2.05) is 12.1 Å². The first kappa shape index (κ1) is 18.9. The van der Waals surface area contributed by atoms with Crippen molar-refractivity contribution in [1.82, 2.24) is 30.0 Å². The van der Waals surface area contributed by atoms with E-state index in [9.17, 15) is 0 Å². The van der Waals surface area contributed by atoms with Gasteiger partial charge in [-0.15, -0.1) is 0 Å². The van der Waals surface area contributed by atoms with Crippen molar-refractivity contribution >= 4 is 0 Å². The molecule has 0 fully saturated rings. The third-order valence-electron chi connectivity index (χ3n) is 4.18. The molecule has 0 radical (unpaired) electrons. The van der Waals surface area contributed by atoms with Crippen LogP contribution >= 0.6 is 0 Å². The molecule has 0 bridgehead atoms. The van der Waals surface area contributed by atoms with E-state index in [2.05, 4.69) is 43.8 Å². The lowest BCUT2D eigenvalue weighted by atomic mass is 10.2. The van der Waals surface area contributed by atoms with Crippen molar-refractivity contribution in [2.24, 2.45) is 0 Å². The second-order valence-corrected chi connectivity index (χ2v) is 6.04. The van der Waals surface area contributed by atoms with Crippen LogP contribution in [0.15, 0.2) is 35.2 Å². The van der Waals surface area contributed by atoms with Crippen LogP contribution in [0.5, 0.6) is 5.75 Å². The van der Waals surface area contributed by atoms with Crippen molar-refractivity contribution in [3.8, 4) is 28.7 Å². The number of pyridine rings is 1. The van der Waals surface area contributed by atoms with Gasteiger partial charge < -0.3 is 14.2 Å². The Morgan fingerprint density at radius 1 is 1.07 bits per heavy atom. The van der Waals surface area contributed by atoms with E-state index in [0.717, 1.165) is 31.6 Å². The van der Waals surface area contributed by atoms with Gasteiger partial charge in [-0.1, -0.05) is 19.0 Å². The van der Waals surface area contributed by atoms with Gasteiger partial charge in [-0.25, -0.2) is 9.97 Å². The average molecular weight is 368 g/mol. The summed E-state index contributed by atoms with van der Waals surface area (Å²) in [5.74, 6) is 2.21. The monoisotopic (exact) mass is 368 g/mol. The second kappa shape index (κ2) is 9.18. The minimum absolute atomic E-state index is 0.516. The zero-order chi connectivity index (χ0) is 19.1. The van der Waals surface area contributed by atoms with Crippen LogP contribution in [0.2, 0.25) is 0 Å². The minimum atomic E-state index is 0.516. The molecule has 0 spiro atoms. The summed E-state index contributed by atoms with van der Waals surface area (Å²) < 4.78 is 10.8. The molecule has 0 aromatic carbocycles. The fourth-order valence-corrected chi connectivity index (χ4v) is 2.65. The summed E-state index contributed by atoms with van der Waals surface area (Å²) in [6, 6.07) is 3.66. The number of ether oxygens (including phenoxy) is 1. The number of nitrogens with zero attached hydrogens (tertiary/aromatic N) is 6. The maximum absolute atomic E-state index is 5.73. The molecule has 8 nitrogen and oxygen atoms in total. The molecule has 0 aliphatic carbocycles. The molecular formula is C19H24N6O2. The Balaban J connectivity index is 1.60. The van der Waals surface area contributed by atoms with Crippen LogP contribution in [-0.4, -0.2) is 56.2 Å². The Labute approximate surface area is 158 Å². The molecule has 3 heterocycles. The average Bonchev–Trinajstić information content (AvgIpc) is 3.15. The van der Waals surface area contributed by atoms with Crippen LogP contribution in [-0.2, 0) is 0 Å². The van der Waals surface area contributed by atoms with Gasteiger partial charge in [0.15, 0.2) is 11.6 Å². The summed E-state index contributed by atoms with van der Waals surface area (Å²) in [6.45, 7) is 9.87. The molecule has 3 rings (SSSR count). The Hall–Kier alpha value is -2.87. The lowest BCUT2D eigenvalue weighted by Crippen LogP contribution is -2.25. The molecule has 0 unspecified atom stereocenters. The number of hydrogen-bond donors (Lipinski definition) is 0. The highest BCUT2D eigenvalue weighted by Crippen LogP contribution is 2.21. The van der Waals surface area contributed by atoms with Crippen molar-refractivity contribution in [2.75, 3.05) is 26.2 Å². The van der Waals surface area contributed by atoms with Crippen LogP contribution in [0.25, 0.3) is 22.9 Å². The summed E-state index contributed by atoms with van der Waals surface area (Å²) in [5, 5.41) is 3.92. The third kappa shape index (κ3) is 5.07. The number of rotatable bonds is 9. The van der Waals surface area contributed by atoms with Gasteiger partial charge >= 0.3 is 0 Å². The predicted octanol–water partition coefficient (Wildman–Crippen LogP) is 3.01. The van der Waals surface area contributed by atoms with Gasteiger partial charge in [0.2, 0.25) is 11.7 Å². The standard InChI is InChI=1S/C19H24N6O2/c1-4-25(5-2)9-6-10-26-16-12-21-19(22-13-16)17-11-15(7-8-20-17)18-23-14(3)27-24-18/h7-8,11-13H,4-6,9-10H2,1-3H3. The molecule has 0 N–H and O–H groups in total. The fourth-order valence-electron chi connectivity index (χ4n) is 2.65. The van der Waals surface area contributed by atoms with E-state index in [0.29, 0.717) is 35.6 Å². The summed E-state index contributed by atoms with van der Waals surface area (Å²) in [4.78, 5) is 19.6. The van der Waals surface area contributed by atoms with Crippen molar-refractivity contribution in [3.63, 3.8) is 0 Å². The van der Waals surface area contributed by atoms with Gasteiger partial charge in [-0.3, -0.25) is 4.98 Å². The van der Waals surface area contributed by atoms with Gasteiger partial charge in [-0.2, -0.15) is 4.98 Å². The van der Waals surface area contributed by atoms with E-state index in [1.165, 1.54) is 0 Å². The molecule has 27 heavy (non-hydrogen) atoms. The predicted molar refractivity (Wildman–Crippen MR) is 101 cm³/mol. The zero-order valence-electron chi connectivity index (χ0n) is 15.9. The van der Waals surface area contributed by atoms with Crippen LogP contribution in [0, 0.1) is 6.92 Å². The molecule has 0 aliphatic rings. The van der Waals surface area contributed by atoms with Gasteiger partial charge in [0.1, 0.15) is 5.69 Å². The number of hydrogen-bond acceptors (Lipinski definition) is 8. The Morgan fingerprint density at radius 2 is 1.85 bits per heavy atom. The van der Waals surface area contributed by atoms with Gasteiger partial charge in [0.05, 0.1) is 19.0 Å². The van der Waals surface area contributed by atoms with Gasteiger partial charge in [0, 0.05) is 25.2 Å². The minimum Gasteiger partial charge on any atom is -0.490 e. The van der Waals surface area contributed by atoms with Crippen molar-refractivity contribution < 1.29 is 9.26 Å². The lowest BCUT2D eigenvalue weighted by molar-refractivity contribution is 0.248. The van der Waals surface area contributed by atoms with E-state index >= 15 is 0 Å². The van der Waals surface area contributed by atoms with E-state index < -0.39 is 0 Å². The molecule has 3 aromatic heterocycles. The molecule has 8 heteroatoms. The van der Waals surface area contributed by atoms with E-state index in [1.54, 1.807) is 25.5 Å². The maximum atomic E-state index is 5.73. The second-order valence-electron chi connectivity index (χ2n) is 6.04. The van der Waals surface area contributed by atoms with Crippen LogP contribution in [0.3, 0.4) is 0 Å². The van der Waals surface area contributed by atoms with E-state index in [4.69, 9.17) is 9.26 Å². The van der Waals surface area contributed by atoms with Crippen LogP contribution in [0.1, 0.15) is 26.2 Å². The molecule has 0 aliphatic heterocycles. The Kier molecular flexibility index (Phi) is 6.43. The summed E-state index contributed by atoms with van der Waals surface area (Å²) in [7, 11) is 0. The largest absolute Gasteiger partial charge is 0.490 e. The summed E-state index contributed by atoms with van der Waals surface area (Å²) in [5.41, 5.74) is 1.44. The molecule has 0 saturated carbocycles. The molecule has 0 saturated heterocycles. The van der Waals surface area contributed by atoms with Gasteiger partial charge in [-0.05, 0) is 31.6 Å². The fraction of sp³-hybridized carbons (Fsp3) is 0.421. The van der Waals surface area contributed by atoms with Crippen LogP contribution < -0.4 is 4.74 Å². The maximum Gasteiger partial charge on any atom is 0.223 e. The highest BCUT2D eigenvalue weighted by Gasteiger charge is 2.10. The number of aromatic nitrogens is 5. The molecule has 0 amide bonds. The zero-order valence-corrected chi connectivity index (χ0v) is 15.9. The third-order valence-corrected chi connectivity index (χ3v) is 4.18. The SMILES string of the molecule is CCN(CC)CCCOc1cnc(-c2cc(-c3noc(C)n3)ccn2)nc1. The molecule has 3 aromatic rings. The molecule has 142 valence electrons. The lowest BCUT2D eigenvalue weighted by Gasteiger charge is -2.17. The molecule has 0 atom stereocenters. The first-order valence-corrected chi connectivity index (χ1v) is 9.14.